The lowest BCUT2D eigenvalue weighted by molar-refractivity contribution is 0.414. The van der Waals surface area contributed by atoms with Crippen LogP contribution in [0.1, 0.15) is 17.2 Å². The molecule has 0 fully saturated rings. The molecule has 19 heavy (non-hydrogen) atoms. The smallest absolute Gasteiger partial charge is 0.119 e. The van der Waals surface area contributed by atoms with Crippen LogP contribution in [0.3, 0.4) is 0 Å². The Morgan fingerprint density at radius 3 is 2.42 bits per heavy atom. The van der Waals surface area contributed by atoms with E-state index in [1.165, 1.54) is 0 Å². The van der Waals surface area contributed by atoms with E-state index in [1.54, 1.807) is 7.11 Å². The van der Waals surface area contributed by atoms with E-state index >= 15 is 0 Å². The summed E-state index contributed by atoms with van der Waals surface area (Å²) in [6, 6.07) is 14.0. The maximum atomic E-state index is 6.26. The van der Waals surface area contributed by atoms with Gasteiger partial charge in [0.2, 0.25) is 0 Å². The predicted molar refractivity (Wildman–Crippen MR) is 85.5 cm³/mol. The van der Waals surface area contributed by atoms with Crippen molar-refractivity contribution in [2.24, 2.45) is 5.73 Å². The molecule has 100 valence electrons. The van der Waals surface area contributed by atoms with Crippen molar-refractivity contribution in [3.05, 3.63) is 62.5 Å². The Labute approximate surface area is 130 Å². The Hall–Kier alpha value is -0.840. The van der Waals surface area contributed by atoms with E-state index in [4.69, 9.17) is 10.5 Å². The van der Waals surface area contributed by atoms with Gasteiger partial charge in [0.1, 0.15) is 5.75 Å². The minimum absolute atomic E-state index is 0.0310. The summed E-state index contributed by atoms with van der Waals surface area (Å²) in [6.45, 7) is 0. The van der Waals surface area contributed by atoms with Gasteiger partial charge in [0.05, 0.1) is 7.11 Å². The van der Waals surface area contributed by atoms with Crippen LogP contribution in [0.2, 0.25) is 0 Å². The Balaban J connectivity index is 2.18. The number of ether oxygens (including phenoxy) is 1. The fourth-order valence-electron chi connectivity index (χ4n) is 1.90. The highest BCUT2D eigenvalue weighted by Crippen LogP contribution is 2.27. The quantitative estimate of drug-likeness (QED) is 0.844. The molecular weight excluding hydrogens is 370 g/mol. The summed E-state index contributed by atoms with van der Waals surface area (Å²) in [5.74, 6) is 0.848. The first kappa shape index (κ1) is 14.6. The van der Waals surface area contributed by atoms with Crippen molar-refractivity contribution >= 4 is 31.9 Å². The zero-order valence-electron chi connectivity index (χ0n) is 10.6. The van der Waals surface area contributed by atoms with Gasteiger partial charge >= 0.3 is 0 Å². The van der Waals surface area contributed by atoms with Crippen LogP contribution in [0.5, 0.6) is 5.75 Å². The molecule has 0 saturated carbocycles. The molecular formula is C15H15Br2NO. The van der Waals surface area contributed by atoms with Crippen molar-refractivity contribution in [2.75, 3.05) is 7.11 Å². The van der Waals surface area contributed by atoms with Gasteiger partial charge in [-0.3, -0.25) is 0 Å². The van der Waals surface area contributed by atoms with Gasteiger partial charge in [-0.15, -0.1) is 0 Å². The molecule has 0 bridgehead atoms. The number of methoxy groups -OCH3 is 1. The number of hydrogen-bond acceptors (Lipinski definition) is 2. The van der Waals surface area contributed by atoms with Gasteiger partial charge in [-0.2, -0.15) is 0 Å². The van der Waals surface area contributed by atoms with Crippen molar-refractivity contribution in [2.45, 2.75) is 12.5 Å². The van der Waals surface area contributed by atoms with Gasteiger partial charge < -0.3 is 10.5 Å². The number of hydrogen-bond donors (Lipinski definition) is 1. The third-order valence-corrected chi connectivity index (χ3v) is 4.29. The summed E-state index contributed by atoms with van der Waals surface area (Å²) in [5, 5.41) is 0. The van der Waals surface area contributed by atoms with E-state index in [2.05, 4.69) is 31.9 Å². The van der Waals surface area contributed by atoms with Crippen molar-refractivity contribution in [1.82, 2.24) is 0 Å². The minimum Gasteiger partial charge on any atom is -0.497 e. The summed E-state index contributed by atoms with van der Waals surface area (Å²) in [6.07, 6.45) is 0.763. The van der Waals surface area contributed by atoms with Gasteiger partial charge in [0, 0.05) is 15.0 Å². The van der Waals surface area contributed by atoms with Crippen LogP contribution in [-0.4, -0.2) is 7.11 Å². The van der Waals surface area contributed by atoms with Crippen LogP contribution < -0.4 is 10.5 Å². The van der Waals surface area contributed by atoms with Crippen LogP contribution in [0.15, 0.2) is 51.4 Å². The van der Waals surface area contributed by atoms with Gasteiger partial charge in [-0.25, -0.2) is 0 Å². The third kappa shape index (κ3) is 3.81. The first-order chi connectivity index (χ1) is 9.10. The highest BCUT2D eigenvalue weighted by molar-refractivity contribution is 9.10. The zero-order chi connectivity index (χ0) is 13.8. The number of benzene rings is 2. The summed E-state index contributed by atoms with van der Waals surface area (Å²) in [5.41, 5.74) is 8.53. The standard InChI is InChI=1S/C15H15Br2NO/c1-19-13-6-7-14(17)11(8-13)9-15(18)10-2-4-12(16)5-3-10/h2-8,15H,9,18H2,1H3. The molecule has 0 radical (unpaired) electrons. The van der Waals surface area contributed by atoms with E-state index < -0.39 is 0 Å². The average Bonchev–Trinajstić information content (AvgIpc) is 2.42. The zero-order valence-corrected chi connectivity index (χ0v) is 13.7. The summed E-state index contributed by atoms with van der Waals surface area (Å²) >= 11 is 6.98. The molecule has 0 aliphatic heterocycles. The van der Waals surface area contributed by atoms with Gasteiger partial charge in [0.25, 0.3) is 0 Å². The van der Waals surface area contributed by atoms with Crippen LogP contribution >= 0.6 is 31.9 Å². The molecule has 2 N–H and O–H groups in total. The average molecular weight is 385 g/mol. The molecule has 0 amide bonds. The maximum absolute atomic E-state index is 6.26. The monoisotopic (exact) mass is 383 g/mol. The first-order valence-electron chi connectivity index (χ1n) is 5.93. The SMILES string of the molecule is COc1ccc(Br)c(CC(N)c2ccc(Br)cc2)c1. The molecule has 1 atom stereocenters. The number of nitrogens with two attached hydrogens (primary N) is 1. The molecule has 4 heteroatoms. The molecule has 2 aromatic carbocycles. The molecule has 1 unspecified atom stereocenters. The van der Waals surface area contributed by atoms with Crippen LogP contribution in [-0.2, 0) is 6.42 Å². The first-order valence-corrected chi connectivity index (χ1v) is 7.52. The van der Waals surface area contributed by atoms with Crippen molar-refractivity contribution in [3.63, 3.8) is 0 Å². The largest absolute Gasteiger partial charge is 0.497 e. The van der Waals surface area contributed by atoms with Crippen molar-refractivity contribution in [1.29, 1.82) is 0 Å². The molecule has 2 rings (SSSR count). The fraction of sp³-hybridized carbons (Fsp3) is 0.200. The summed E-state index contributed by atoms with van der Waals surface area (Å²) < 4.78 is 7.36. The Morgan fingerprint density at radius 2 is 1.79 bits per heavy atom. The fourth-order valence-corrected chi connectivity index (χ4v) is 2.57. The van der Waals surface area contributed by atoms with E-state index in [1.807, 2.05) is 42.5 Å². The highest BCUT2D eigenvalue weighted by atomic mass is 79.9. The maximum Gasteiger partial charge on any atom is 0.119 e. The van der Waals surface area contributed by atoms with Crippen LogP contribution in [0, 0.1) is 0 Å². The third-order valence-electron chi connectivity index (χ3n) is 2.99. The topological polar surface area (TPSA) is 35.2 Å². The summed E-state index contributed by atoms with van der Waals surface area (Å²) in [7, 11) is 1.67. The van der Waals surface area contributed by atoms with Gasteiger partial charge in [0.15, 0.2) is 0 Å². The van der Waals surface area contributed by atoms with Gasteiger partial charge in [-0.05, 0) is 47.9 Å². The second-order valence-corrected chi connectivity index (χ2v) is 6.09. The molecule has 2 nitrogen and oxygen atoms in total. The lowest BCUT2D eigenvalue weighted by Crippen LogP contribution is -2.13. The number of rotatable bonds is 4. The highest BCUT2D eigenvalue weighted by Gasteiger charge is 2.10. The van der Waals surface area contributed by atoms with Crippen molar-refractivity contribution < 1.29 is 4.74 Å². The number of halogens is 2. The van der Waals surface area contributed by atoms with E-state index in [0.29, 0.717) is 0 Å². The summed E-state index contributed by atoms with van der Waals surface area (Å²) in [4.78, 5) is 0. The molecule has 0 aliphatic rings. The predicted octanol–water partition coefficient (Wildman–Crippen LogP) is 4.46. The van der Waals surface area contributed by atoms with Gasteiger partial charge in [-0.1, -0.05) is 44.0 Å². The Bertz CT molecular complexity index is 555. The minimum atomic E-state index is -0.0310. The van der Waals surface area contributed by atoms with E-state index in [0.717, 1.165) is 32.2 Å². The molecule has 0 aliphatic carbocycles. The Kier molecular flexibility index (Phi) is 5.02. The Morgan fingerprint density at radius 1 is 1.11 bits per heavy atom. The second-order valence-electron chi connectivity index (χ2n) is 4.32. The second kappa shape index (κ2) is 6.55. The lowest BCUT2D eigenvalue weighted by atomic mass is 10.00. The lowest BCUT2D eigenvalue weighted by Gasteiger charge is -2.14. The molecule has 0 aromatic heterocycles. The normalized spacial score (nSPS) is 12.2. The van der Waals surface area contributed by atoms with Crippen molar-refractivity contribution in [3.8, 4) is 5.75 Å². The molecule has 0 spiro atoms. The van der Waals surface area contributed by atoms with Crippen LogP contribution in [0.4, 0.5) is 0 Å². The molecule has 0 saturated heterocycles. The molecule has 2 aromatic rings. The van der Waals surface area contributed by atoms with E-state index in [9.17, 15) is 0 Å². The molecule has 0 heterocycles. The van der Waals surface area contributed by atoms with Crippen LogP contribution in [0.25, 0.3) is 0 Å². The van der Waals surface area contributed by atoms with E-state index in [-0.39, 0.29) is 6.04 Å².